The highest BCUT2D eigenvalue weighted by Crippen LogP contribution is 2.06. The molecule has 0 saturated carbocycles. The van der Waals surface area contributed by atoms with Crippen LogP contribution in [0.3, 0.4) is 0 Å². The topological polar surface area (TPSA) is 55.1 Å². The summed E-state index contributed by atoms with van der Waals surface area (Å²) < 4.78 is 0. The van der Waals surface area contributed by atoms with E-state index in [4.69, 9.17) is 5.73 Å². The predicted molar refractivity (Wildman–Crippen MR) is 70.7 cm³/mol. The number of hydrogen-bond acceptors (Lipinski definition) is 3. The number of hydrogen-bond donors (Lipinski definition) is 2. The van der Waals surface area contributed by atoms with E-state index in [1.807, 2.05) is 13.2 Å². The molecule has 0 aromatic carbocycles. The van der Waals surface area contributed by atoms with Gasteiger partial charge in [0.25, 0.3) is 0 Å². The lowest BCUT2D eigenvalue weighted by Gasteiger charge is -2.18. The molecule has 0 aliphatic heterocycles. The van der Waals surface area contributed by atoms with E-state index in [-0.39, 0.29) is 29.6 Å². The molecule has 0 aromatic heterocycles. The maximum Gasteiger partial charge on any atom is 0.233 e. The monoisotopic (exact) mass is 254 g/mol. The highest BCUT2D eigenvalue weighted by Gasteiger charge is 2.15. The van der Waals surface area contributed by atoms with Crippen molar-refractivity contribution in [1.29, 1.82) is 0 Å². The zero-order valence-electron chi connectivity index (χ0n) is 9.79. The van der Waals surface area contributed by atoms with Gasteiger partial charge in [-0.3, -0.25) is 4.79 Å². The summed E-state index contributed by atoms with van der Waals surface area (Å²) in [5.74, 6) is 0.101. The SMILES string of the molecule is CCCCC(CN)NC(=O)C(C)SC.Cl. The van der Waals surface area contributed by atoms with Crippen LogP contribution in [0.1, 0.15) is 33.1 Å². The zero-order chi connectivity index (χ0) is 11.0. The molecule has 2 unspecified atom stereocenters. The molecule has 3 N–H and O–H groups in total. The van der Waals surface area contributed by atoms with Crippen LogP contribution < -0.4 is 11.1 Å². The fourth-order valence-electron chi connectivity index (χ4n) is 1.13. The average Bonchev–Trinajstić information content (AvgIpc) is 2.22. The van der Waals surface area contributed by atoms with E-state index in [2.05, 4.69) is 12.2 Å². The molecule has 2 atom stereocenters. The molecule has 0 aliphatic rings. The molecule has 0 rings (SSSR count). The van der Waals surface area contributed by atoms with Gasteiger partial charge in [-0.1, -0.05) is 19.8 Å². The Morgan fingerprint density at radius 2 is 2.13 bits per heavy atom. The number of amides is 1. The van der Waals surface area contributed by atoms with Crippen LogP contribution in [-0.2, 0) is 4.79 Å². The minimum Gasteiger partial charge on any atom is -0.351 e. The summed E-state index contributed by atoms with van der Waals surface area (Å²) in [6.45, 7) is 4.58. The van der Waals surface area contributed by atoms with Crippen molar-refractivity contribution in [2.75, 3.05) is 12.8 Å². The molecular weight excluding hydrogens is 232 g/mol. The maximum atomic E-state index is 11.5. The second kappa shape index (κ2) is 10.6. The van der Waals surface area contributed by atoms with Crippen LogP contribution >= 0.6 is 24.2 Å². The van der Waals surface area contributed by atoms with Gasteiger partial charge in [-0.15, -0.1) is 12.4 Å². The van der Waals surface area contributed by atoms with Gasteiger partial charge in [0, 0.05) is 12.6 Å². The lowest BCUT2D eigenvalue weighted by atomic mass is 10.1. The molecule has 0 fully saturated rings. The smallest absolute Gasteiger partial charge is 0.233 e. The quantitative estimate of drug-likeness (QED) is 0.729. The van der Waals surface area contributed by atoms with E-state index >= 15 is 0 Å². The lowest BCUT2D eigenvalue weighted by Crippen LogP contribution is -2.43. The number of carbonyl (C=O) groups excluding carboxylic acids is 1. The highest BCUT2D eigenvalue weighted by atomic mass is 35.5. The largest absolute Gasteiger partial charge is 0.351 e. The second-order valence-corrected chi connectivity index (χ2v) is 4.64. The first-order valence-corrected chi connectivity index (χ1v) is 6.47. The first-order valence-electron chi connectivity index (χ1n) is 5.18. The van der Waals surface area contributed by atoms with Crippen molar-refractivity contribution in [3.63, 3.8) is 0 Å². The highest BCUT2D eigenvalue weighted by molar-refractivity contribution is 7.99. The van der Waals surface area contributed by atoms with E-state index in [1.54, 1.807) is 11.8 Å². The molecular formula is C10H23ClN2OS. The fraction of sp³-hybridized carbons (Fsp3) is 0.900. The number of nitrogens with two attached hydrogens (primary N) is 1. The number of halogens is 1. The van der Waals surface area contributed by atoms with Gasteiger partial charge in [0.05, 0.1) is 5.25 Å². The second-order valence-electron chi connectivity index (χ2n) is 3.46. The van der Waals surface area contributed by atoms with Crippen molar-refractivity contribution in [3.8, 4) is 0 Å². The van der Waals surface area contributed by atoms with E-state index < -0.39 is 0 Å². The summed E-state index contributed by atoms with van der Waals surface area (Å²) in [6.07, 6.45) is 5.19. The van der Waals surface area contributed by atoms with Crippen molar-refractivity contribution in [3.05, 3.63) is 0 Å². The minimum absolute atomic E-state index is 0. The number of carbonyl (C=O) groups is 1. The molecule has 0 aliphatic carbocycles. The first-order chi connectivity index (χ1) is 6.65. The summed E-state index contributed by atoms with van der Waals surface area (Å²) in [4.78, 5) is 11.5. The maximum absolute atomic E-state index is 11.5. The van der Waals surface area contributed by atoms with Crippen LogP contribution in [0.5, 0.6) is 0 Å². The fourth-order valence-corrected chi connectivity index (χ4v) is 1.41. The van der Waals surface area contributed by atoms with Crippen molar-refractivity contribution in [2.45, 2.75) is 44.4 Å². The van der Waals surface area contributed by atoms with Crippen LogP contribution in [0, 0.1) is 0 Å². The van der Waals surface area contributed by atoms with Crippen molar-refractivity contribution >= 4 is 30.1 Å². The lowest BCUT2D eigenvalue weighted by molar-refractivity contribution is -0.121. The third-order valence-corrected chi connectivity index (χ3v) is 3.18. The molecule has 1 amide bonds. The van der Waals surface area contributed by atoms with Crippen LogP contribution in [0.25, 0.3) is 0 Å². The molecule has 0 aromatic rings. The van der Waals surface area contributed by atoms with E-state index in [0.717, 1.165) is 19.3 Å². The molecule has 0 bridgehead atoms. The molecule has 0 spiro atoms. The third-order valence-electron chi connectivity index (χ3n) is 2.26. The van der Waals surface area contributed by atoms with Crippen LogP contribution in [0.4, 0.5) is 0 Å². The summed E-state index contributed by atoms with van der Waals surface area (Å²) in [6, 6.07) is 0.150. The Morgan fingerprint density at radius 1 is 1.53 bits per heavy atom. The summed E-state index contributed by atoms with van der Waals surface area (Å²) in [5.41, 5.74) is 5.58. The number of unbranched alkanes of at least 4 members (excludes halogenated alkanes) is 1. The Hall–Kier alpha value is 0.0700. The molecule has 0 heterocycles. The Bertz CT molecular complexity index is 170. The van der Waals surface area contributed by atoms with Crippen molar-refractivity contribution in [1.82, 2.24) is 5.32 Å². The Morgan fingerprint density at radius 3 is 2.53 bits per heavy atom. The van der Waals surface area contributed by atoms with Crippen molar-refractivity contribution in [2.24, 2.45) is 5.73 Å². The third kappa shape index (κ3) is 7.94. The number of nitrogens with one attached hydrogen (secondary N) is 1. The number of thioether (sulfide) groups is 1. The summed E-state index contributed by atoms with van der Waals surface area (Å²) in [7, 11) is 0. The Labute approximate surface area is 103 Å². The van der Waals surface area contributed by atoms with Gasteiger partial charge in [-0.05, 0) is 19.6 Å². The van der Waals surface area contributed by atoms with Gasteiger partial charge in [0.1, 0.15) is 0 Å². The van der Waals surface area contributed by atoms with Crippen molar-refractivity contribution < 1.29 is 4.79 Å². The Balaban J connectivity index is 0. The van der Waals surface area contributed by atoms with Gasteiger partial charge in [-0.2, -0.15) is 11.8 Å². The average molecular weight is 255 g/mol. The van der Waals surface area contributed by atoms with E-state index in [9.17, 15) is 4.79 Å². The molecule has 92 valence electrons. The normalized spacial score (nSPS) is 13.9. The minimum atomic E-state index is 0. The van der Waals surface area contributed by atoms with Gasteiger partial charge in [-0.25, -0.2) is 0 Å². The van der Waals surface area contributed by atoms with E-state index in [1.165, 1.54) is 0 Å². The standard InChI is InChI=1S/C10H22N2OS.ClH/c1-4-5-6-9(7-11)12-10(13)8(2)14-3;/h8-9H,4-7,11H2,1-3H3,(H,12,13);1H. The Kier molecular flexibility index (Phi) is 12.3. The van der Waals surface area contributed by atoms with E-state index in [0.29, 0.717) is 6.54 Å². The molecule has 15 heavy (non-hydrogen) atoms. The predicted octanol–water partition coefficient (Wildman–Crippen LogP) is 1.79. The summed E-state index contributed by atoms with van der Waals surface area (Å²) in [5, 5.41) is 2.99. The summed E-state index contributed by atoms with van der Waals surface area (Å²) >= 11 is 1.56. The first kappa shape index (κ1) is 17.5. The van der Waals surface area contributed by atoms with Gasteiger partial charge in [0.15, 0.2) is 0 Å². The zero-order valence-corrected chi connectivity index (χ0v) is 11.4. The van der Waals surface area contributed by atoms with Crippen LogP contribution in [0.15, 0.2) is 0 Å². The van der Waals surface area contributed by atoms with Gasteiger partial charge in [0.2, 0.25) is 5.91 Å². The number of rotatable bonds is 7. The van der Waals surface area contributed by atoms with Crippen LogP contribution in [-0.4, -0.2) is 30.0 Å². The van der Waals surface area contributed by atoms with Gasteiger partial charge >= 0.3 is 0 Å². The van der Waals surface area contributed by atoms with Gasteiger partial charge < -0.3 is 11.1 Å². The molecule has 5 heteroatoms. The molecule has 0 radical (unpaired) electrons. The molecule has 3 nitrogen and oxygen atoms in total. The van der Waals surface area contributed by atoms with Crippen LogP contribution in [0.2, 0.25) is 0 Å². The molecule has 0 saturated heterocycles.